The average Bonchev–Trinajstić information content (AvgIpc) is 3.00. The second kappa shape index (κ2) is 7.96. The van der Waals surface area contributed by atoms with Gasteiger partial charge in [0.25, 0.3) is 10.0 Å². The molecular weight excluding hydrogens is 416 g/mol. The second-order valence-corrected chi connectivity index (χ2v) is 8.53. The molecule has 0 saturated heterocycles. The summed E-state index contributed by atoms with van der Waals surface area (Å²) >= 11 is 6.16. The van der Waals surface area contributed by atoms with E-state index in [1.807, 2.05) is 13.0 Å². The summed E-state index contributed by atoms with van der Waals surface area (Å²) in [7, 11) is -1.03. The summed E-state index contributed by atoms with van der Waals surface area (Å²) in [6.45, 7) is 5.32. The third-order valence-electron chi connectivity index (χ3n) is 4.52. The number of aromatic nitrogens is 1. The van der Waals surface area contributed by atoms with E-state index in [0.29, 0.717) is 28.3 Å². The number of methoxy groups -OCH3 is 2. The van der Waals surface area contributed by atoms with Gasteiger partial charge >= 0.3 is 0 Å². The number of rotatable bonds is 6. The summed E-state index contributed by atoms with van der Waals surface area (Å²) in [5.74, 6) is 1.28. The van der Waals surface area contributed by atoms with E-state index in [1.165, 1.54) is 26.4 Å². The number of sulfonamides is 1. The molecule has 2 aromatic carbocycles. The Morgan fingerprint density at radius 1 is 1.03 bits per heavy atom. The summed E-state index contributed by atoms with van der Waals surface area (Å²) in [6, 6.07) is 8.15. The summed E-state index contributed by atoms with van der Waals surface area (Å²) in [4.78, 5) is 0.129. The van der Waals surface area contributed by atoms with Crippen LogP contribution in [0.15, 0.2) is 39.8 Å². The average molecular weight is 437 g/mol. The minimum atomic E-state index is -3.93. The van der Waals surface area contributed by atoms with Crippen LogP contribution in [0.3, 0.4) is 0 Å². The van der Waals surface area contributed by atoms with Crippen LogP contribution >= 0.6 is 11.6 Å². The molecule has 0 unspecified atom stereocenters. The van der Waals surface area contributed by atoms with Gasteiger partial charge in [0.15, 0.2) is 0 Å². The lowest BCUT2D eigenvalue weighted by molar-refractivity contribution is 0.393. The third kappa shape index (κ3) is 4.04. The molecule has 0 spiro atoms. The summed E-state index contributed by atoms with van der Waals surface area (Å²) in [5.41, 5.74) is 2.96. The first kappa shape index (κ1) is 21.0. The van der Waals surface area contributed by atoms with Crippen LogP contribution in [0.5, 0.6) is 11.5 Å². The Balaban J connectivity index is 2.07. The van der Waals surface area contributed by atoms with Crippen LogP contribution in [0.2, 0.25) is 5.02 Å². The van der Waals surface area contributed by atoms with Crippen LogP contribution in [-0.4, -0.2) is 27.8 Å². The number of nitrogens with one attached hydrogen (secondary N) is 1. The number of benzene rings is 2. The number of nitrogens with zero attached hydrogens (tertiary/aromatic N) is 1. The van der Waals surface area contributed by atoms with Crippen molar-refractivity contribution < 1.29 is 22.4 Å². The zero-order valence-corrected chi connectivity index (χ0v) is 18.2. The van der Waals surface area contributed by atoms with Gasteiger partial charge in [0, 0.05) is 11.6 Å². The zero-order chi connectivity index (χ0) is 21.3. The maximum Gasteiger partial charge on any atom is 0.262 e. The highest BCUT2D eigenvalue weighted by atomic mass is 35.5. The van der Waals surface area contributed by atoms with Crippen molar-refractivity contribution in [3.8, 4) is 22.6 Å². The molecule has 3 aromatic rings. The predicted octanol–water partition coefficient (Wildman–Crippen LogP) is 4.74. The molecule has 1 aromatic heterocycles. The molecule has 7 nitrogen and oxygen atoms in total. The smallest absolute Gasteiger partial charge is 0.262 e. The van der Waals surface area contributed by atoms with Crippen molar-refractivity contribution in [2.75, 3.05) is 18.9 Å². The lowest BCUT2D eigenvalue weighted by atomic mass is 10.0. The topological polar surface area (TPSA) is 90.7 Å². The number of hydrogen-bond donors (Lipinski definition) is 1. The molecule has 154 valence electrons. The van der Waals surface area contributed by atoms with Crippen molar-refractivity contribution >= 4 is 27.3 Å². The molecule has 0 aliphatic rings. The van der Waals surface area contributed by atoms with Gasteiger partial charge in [-0.25, -0.2) is 8.42 Å². The van der Waals surface area contributed by atoms with Gasteiger partial charge < -0.3 is 14.0 Å². The van der Waals surface area contributed by atoms with Crippen molar-refractivity contribution in [2.45, 2.75) is 25.7 Å². The van der Waals surface area contributed by atoms with E-state index in [2.05, 4.69) is 9.88 Å². The van der Waals surface area contributed by atoms with Gasteiger partial charge in [0.2, 0.25) is 0 Å². The van der Waals surface area contributed by atoms with Gasteiger partial charge in [0.1, 0.15) is 17.3 Å². The van der Waals surface area contributed by atoms with Crippen molar-refractivity contribution in [3.63, 3.8) is 0 Å². The molecule has 9 heteroatoms. The van der Waals surface area contributed by atoms with Crippen molar-refractivity contribution in [3.05, 3.63) is 52.4 Å². The largest absolute Gasteiger partial charge is 0.495 e. The number of ether oxygens (including phenoxy) is 2. The molecule has 0 atom stereocenters. The molecule has 0 aliphatic carbocycles. The van der Waals surface area contributed by atoms with Gasteiger partial charge in [-0.1, -0.05) is 28.9 Å². The van der Waals surface area contributed by atoms with Gasteiger partial charge in [-0.15, -0.1) is 0 Å². The second-order valence-electron chi connectivity index (χ2n) is 6.47. The summed E-state index contributed by atoms with van der Waals surface area (Å²) in [5, 5.41) is 4.20. The highest BCUT2D eigenvalue weighted by molar-refractivity contribution is 7.92. The quantitative estimate of drug-likeness (QED) is 0.600. The fourth-order valence-electron chi connectivity index (χ4n) is 3.08. The van der Waals surface area contributed by atoms with Gasteiger partial charge in [-0.2, -0.15) is 0 Å². The number of aryl methyl sites for hydroxylation is 3. The first-order valence-corrected chi connectivity index (χ1v) is 10.5. The van der Waals surface area contributed by atoms with Gasteiger partial charge in [0.05, 0.1) is 35.5 Å². The van der Waals surface area contributed by atoms with Crippen molar-refractivity contribution in [1.82, 2.24) is 5.16 Å². The Labute approximate surface area is 174 Å². The molecular formula is C20H21ClN2O5S. The number of anilines is 1. The van der Waals surface area contributed by atoms with E-state index in [1.54, 1.807) is 26.0 Å². The molecule has 1 N–H and O–H groups in total. The predicted molar refractivity (Wildman–Crippen MR) is 112 cm³/mol. The fraction of sp³-hybridized carbons (Fsp3) is 0.250. The Bertz CT molecular complexity index is 1150. The van der Waals surface area contributed by atoms with E-state index in [4.69, 9.17) is 25.6 Å². The molecule has 0 bridgehead atoms. The standard InChI is InChI=1S/C20H21ClN2O5S/c1-11-6-7-14(20-12(2)22-28-13(20)3)8-19(11)29(24,25)23-16-9-15(21)17(26-4)10-18(16)27-5/h6-10,23H,1-5H3. The number of hydrogen-bond acceptors (Lipinski definition) is 6. The van der Waals surface area contributed by atoms with Gasteiger partial charge in [-0.3, -0.25) is 4.72 Å². The summed E-state index contributed by atoms with van der Waals surface area (Å²) < 4.78 is 44.5. The molecule has 0 saturated carbocycles. The molecule has 0 fully saturated rings. The zero-order valence-electron chi connectivity index (χ0n) is 16.7. The highest BCUT2D eigenvalue weighted by Crippen LogP contribution is 2.37. The Kier molecular flexibility index (Phi) is 5.77. The molecule has 29 heavy (non-hydrogen) atoms. The SMILES string of the molecule is COc1cc(OC)c(NS(=O)(=O)c2cc(-c3c(C)noc3C)ccc2C)cc1Cl. The molecule has 0 aliphatic heterocycles. The van der Waals surface area contributed by atoms with Crippen LogP contribution in [0.1, 0.15) is 17.0 Å². The van der Waals surface area contributed by atoms with Gasteiger partial charge in [-0.05, 0) is 44.0 Å². The maximum absolute atomic E-state index is 13.2. The van der Waals surface area contributed by atoms with Crippen LogP contribution in [0, 0.1) is 20.8 Å². The minimum absolute atomic E-state index is 0.129. The van der Waals surface area contributed by atoms with Crippen LogP contribution in [-0.2, 0) is 10.0 Å². The molecule has 1 heterocycles. The van der Waals surface area contributed by atoms with Crippen molar-refractivity contribution in [1.29, 1.82) is 0 Å². The van der Waals surface area contributed by atoms with E-state index >= 15 is 0 Å². The minimum Gasteiger partial charge on any atom is -0.495 e. The lowest BCUT2D eigenvalue weighted by Crippen LogP contribution is -2.15. The highest BCUT2D eigenvalue weighted by Gasteiger charge is 2.22. The Hall–Kier alpha value is -2.71. The fourth-order valence-corrected chi connectivity index (χ4v) is 4.65. The van der Waals surface area contributed by atoms with Crippen LogP contribution in [0.4, 0.5) is 5.69 Å². The van der Waals surface area contributed by atoms with Crippen LogP contribution < -0.4 is 14.2 Å². The summed E-state index contributed by atoms with van der Waals surface area (Å²) in [6.07, 6.45) is 0. The first-order valence-electron chi connectivity index (χ1n) is 8.66. The molecule has 0 amide bonds. The van der Waals surface area contributed by atoms with E-state index < -0.39 is 10.0 Å². The molecule has 3 rings (SSSR count). The van der Waals surface area contributed by atoms with E-state index in [9.17, 15) is 8.42 Å². The maximum atomic E-state index is 13.2. The van der Waals surface area contributed by atoms with E-state index in [0.717, 1.165) is 5.56 Å². The van der Waals surface area contributed by atoms with Crippen LogP contribution in [0.25, 0.3) is 11.1 Å². The molecule has 0 radical (unpaired) electrons. The number of halogens is 1. The van der Waals surface area contributed by atoms with E-state index in [-0.39, 0.29) is 21.4 Å². The normalized spacial score (nSPS) is 11.4. The van der Waals surface area contributed by atoms with Crippen molar-refractivity contribution in [2.24, 2.45) is 0 Å². The monoisotopic (exact) mass is 436 g/mol. The Morgan fingerprint density at radius 3 is 2.31 bits per heavy atom. The third-order valence-corrected chi connectivity index (χ3v) is 6.32. The lowest BCUT2D eigenvalue weighted by Gasteiger charge is -2.16. The first-order chi connectivity index (χ1) is 13.7. The Morgan fingerprint density at radius 2 is 1.72 bits per heavy atom.